The first-order chi connectivity index (χ1) is 9.38. The number of pyridine rings is 1. The van der Waals surface area contributed by atoms with E-state index in [1.54, 1.807) is 6.20 Å². The molecular weight excluding hydrogens is 236 g/mol. The second-order valence-electron chi connectivity index (χ2n) is 4.83. The van der Waals surface area contributed by atoms with Crippen LogP contribution in [0.3, 0.4) is 0 Å². The van der Waals surface area contributed by atoms with Crippen molar-refractivity contribution in [2.45, 2.75) is 18.9 Å². The van der Waals surface area contributed by atoms with Crippen LogP contribution in [0.2, 0.25) is 0 Å². The Hall–Kier alpha value is -2.12. The SMILES string of the molecule is N#Cc1cnc2ccccc2c1NCCNC1CC1. The highest BCUT2D eigenvalue weighted by molar-refractivity contribution is 5.93. The molecule has 1 aliphatic carbocycles. The second kappa shape index (κ2) is 5.25. The first-order valence-electron chi connectivity index (χ1n) is 6.63. The van der Waals surface area contributed by atoms with Crippen LogP contribution in [0.15, 0.2) is 30.5 Å². The number of nitrogens with one attached hydrogen (secondary N) is 2. The number of rotatable bonds is 5. The molecule has 0 radical (unpaired) electrons. The highest BCUT2D eigenvalue weighted by Crippen LogP contribution is 2.25. The van der Waals surface area contributed by atoms with Crippen LogP contribution in [-0.4, -0.2) is 24.1 Å². The molecule has 4 nitrogen and oxygen atoms in total. The van der Waals surface area contributed by atoms with Gasteiger partial charge in [0, 0.05) is 30.7 Å². The van der Waals surface area contributed by atoms with Crippen molar-refractivity contribution >= 4 is 16.6 Å². The van der Waals surface area contributed by atoms with Gasteiger partial charge in [0.1, 0.15) is 6.07 Å². The van der Waals surface area contributed by atoms with Gasteiger partial charge in [-0.3, -0.25) is 4.98 Å². The summed E-state index contributed by atoms with van der Waals surface area (Å²) in [5.41, 5.74) is 2.41. The van der Waals surface area contributed by atoms with Gasteiger partial charge in [-0.15, -0.1) is 0 Å². The minimum Gasteiger partial charge on any atom is -0.382 e. The summed E-state index contributed by atoms with van der Waals surface area (Å²) in [4.78, 5) is 4.30. The van der Waals surface area contributed by atoms with E-state index in [-0.39, 0.29) is 0 Å². The topological polar surface area (TPSA) is 60.7 Å². The third-order valence-electron chi connectivity index (χ3n) is 3.33. The Morgan fingerprint density at radius 2 is 2.11 bits per heavy atom. The van der Waals surface area contributed by atoms with Gasteiger partial charge in [0.05, 0.1) is 16.8 Å². The zero-order valence-electron chi connectivity index (χ0n) is 10.7. The van der Waals surface area contributed by atoms with Gasteiger partial charge in [-0.2, -0.15) is 5.26 Å². The zero-order valence-corrected chi connectivity index (χ0v) is 10.7. The van der Waals surface area contributed by atoms with E-state index < -0.39 is 0 Å². The molecule has 0 aliphatic heterocycles. The van der Waals surface area contributed by atoms with Crippen molar-refractivity contribution in [3.63, 3.8) is 0 Å². The van der Waals surface area contributed by atoms with Gasteiger partial charge in [-0.1, -0.05) is 18.2 Å². The van der Waals surface area contributed by atoms with Gasteiger partial charge in [0.2, 0.25) is 0 Å². The average molecular weight is 252 g/mol. The number of hydrogen-bond acceptors (Lipinski definition) is 4. The van der Waals surface area contributed by atoms with E-state index in [2.05, 4.69) is 21.7 Å². The first kappa shape index (κ1) is 11.9. The smallest absolute Gasteiger partial charge is 0.103 e. The van der Waals surface area contributed by atoms with Crippen LogP contribution in [0, 0.1) is 11.3 Å². The summed E-state index contributed by atoms with van der Waals surface area (Å²) in [6.07, 6.45) is 4.22. The van der Waals surface area contributed by atoms with Crippen LogP contribution in [0.1, 0.15) is 18.4 Å². The number of para-hydroxylation sites is 1. The van der Waals surface area contributed by atoms with Crippen molar-refractivity contribution in [2.24, 2.45) is 0 Å². The highest BCUT2D eigenvalue weighted by atomic mass is 15.0. The maximum Gasteiger partial charge on any atom is 0.103 e. The molecule has 4 heteroatoms. The van der Waals surface area contributed by atoms with E-state index in [0.717, 1.165) is 29.7 Å². The lowest BCUT2D eigenvalue weighted by atomic mass is 10.1. The van der Waals surface area contributed by atoms with Crippen LogP contribution in [0.4, 0.5) is 5.69 Å². The van der Waals surface area contributed by atoms with Crippen LogP contribution in [0.25, 0.3) is 10.9 Å². The summed E-state index contributed by atoms with van der Waals surface area (Å²) >= 11 is 0. The third kappa shape index (κ3) is 2.67. The molecule has 2 aromatic rings. The fourth-order valence-corrected chi connectivity index (χ4v) is 2.17. The number of nitriles is 1. The molecule has 1 fully saturated rings. The number of nitrogens with zero attached hydrogens (tertiary/aromatic N) is 2. The fourth-order valence-electron chi connectivity index (χ4n) is 2.17. The molecule has 1 aliphatic rings. The largest absolute Gasteiger partial charge is 0.382 e. The summed E-state index contributed by atoms with van der Waals surface area (Å²) in [6.45, 7) is 1.74. The Bertz CT molecular complexity index is 626. The second-order valence-corrected chi connectivity index (χ2v) is 4.83. The summed E-state index contributed by atoms with van der Waals surface area (Å²) < 4.78 is 0. The Morgan fingerprint density at radius 3 is 2.89 bits per heavy atom. The van der Waals surface area contributed by atoms with E-state index in [1.165, 1.54) is 12.8 Å². The molecule has 96 valence electrons. The molecule has 1 saturated carbocycles. The highest BCUT2D eigenvalue weighted by Gasteiger charge is 2.19. The number of benzene rings is 1. The zero-order chi connectivity index (χ0) is 13.1. The number of aromatic nitrogens is 1. The molecule has 0 spiro atoms. The minimum atomic E-state index is 0.602. The minimum absolute atomic E-state index is 0.602. The molecule has 1 aromatic carbocycles. The van der Waals surface area contributed by atoms with Gasteiger partial charge >= 0.3 is 0 Å². The lowest BCUT2D eigenvalue weighted by Gasteiger charge is -2.11. The summed E-state index contributed by atoms with van der Waals surface area (Å²) in [5.74, 6) is 0. The molecule has 0 bridgehead atoms. The molecule has 0 saturated heterocycles. The van der Waals surface area contributed by atoms with E-state index in [0.29, 0.717) is 11.6 Å². The van der Waals surface area contributed by atoms with E-state index >= 15 is 0 Å². The Balaban J connectivity index is 1.80. The summed E-state index contributed by atoms with van der Waals surface area (Å²) in [7, 11) is 0. The molecule has 1 heterocycles. The number of anilines is 1. The predicted molar refractivity (Wildman–Crippen MR) is 76.0 cm³/mol. The molecule has 1 aromatic heterocycles. The monoisotopic (exact) mass is 252 g/mol. The molecule has 0 amide bonds. The van der Waals surface area contributed by atoms with Crippen molar-refractivity contribution in [1.82, 2.24) is 10.3 Å². The van der Waals surface area contributed by atoms with Crippen molar-refractivity contribution < 1.29 is 0 Å². The van der Waals surface area contributed by atoms with Crippen LogP contribution < -0.4 is 10.6 Å². The lowest BCUT2D eigenvalue weighted by molar-refractivity contribution is 0.701. The molecule has 2 N–H and O–H groups in total. The lowest BCUT2D eigenvalue weighted by Crippen LogP contribution is -2.24. The summed E-state index contributed by atoms with van der Waals surface area (Å²) in [6, 6.07) is 10.8. The normalized spacial score (nSPS) is 14.3. The standard InChI is InChI=1S/C15H16N4/c16-9-11-10-19-14-4-2-1-3-13(14)15(11)18-8-7-17-12-5-6-12/h1-4,10,12,17H,5-8H2,(H,18,19). The molecule has 19 heavy (non-hydrogen) atoms. The Labute approximate surface area is 112 Å². The molecular formula is C15H16N4. The Morgan fingerprint density at radius 1 is 1.26 bits per heavy atom. The van der Waals surface area contributed by atoms with Crippen molar-refractivity contribution in [3.05, 3.63) is 36.0 Å². The van der Waals surface area contributed by atoms with Gasteiger partial charge in [-0.25, -0.2) is 0 Å². The van der Waals surface area contributed by atoms with Gasteiger partial charge in [0.15, 0.2) is 0 Å². The summed E-state index contributed by atoms with van der Waals surface area (Å²) in [5, 5.41) is 17.0. The molecule has 0 unspecified atom stereocenters. The first-order valence-corrected chi connectivity index (χ1v) is 6.63. The van der Waals surface area contributed by atoms with E-state index in [4.69, 9.17) is 0 Å². The van der Waals surface area contributed by atoms with E-state index in [1.807, 2.05) is 24.3 Å². The van der Waals surface area contributed by atoms with Crippen molar-refractivity contribution in [2.75, 3.05) is 18.4 Å². The van der Waals surface area contributed by atoms with E-state index in [9.17, 15) is 5.26 Å². The maximum atomic E-state index is 9.19. The van der Waals surface area contributed by atoms with Gasteiger partial charge < -0.3 is 10.6 Å². The molecule has 3 rings (SSSR count). The fraction of sp³-hybridized carbons (Fsp3) is 0.333. The number of fused-ring (bicyclic) bond motifs is 1. The average Bonchev–Trinajstić information content (AvgIpc) is 3.27. The van der Waals surface area contributed by atoms with Gasteiger partial charge in [-0.05, 0) is 18.9 Å². The quantitative estimate of drug-likeness (QED) is 0.801. The Kier molecular flexibility index (Phi) is 3.30. The van der Waals surface area contributed by atoms with Crippen molar-refractivity contribution in [1.29, 1.82) is 5.26 Å². The van der Waals surface area contributed by atoms with Crippen LogP contribution in [0.5, 0.6) is 0 Å². The number of hydrogen-bond donors (Lipinski definition) is 2. The van der Waals surface area contributed by atoms with Gasteiger partial charge in [0.25, 0.3) is 0 Å². The maximum absolute atomic E-state index is 9.19. The van der Waals surface area contributed by atoms with Crippen LogP contribution >= 0.6 is 0 Å². The van der Waals surface area contributed by atoms with Crippen molar-refractivity contribution in [3.8, 4) is 6.07 Å². The van der Waals surface area contributed by atoms with Crippen LogP contribution in [-0.2, 0) is 0 Å². The predicted octanol–water partition coefficient (Wildman–Crippen LogP) is 2.27. The third-order valence-corrected chi connectivity index (χ3v) is 3.33. The molecule has 0 atom stereocenters.